The monoisotopic (exact) mass is 290 g/mol. The van der Waals surface area contributed by atoms with Gasteiger partial charge in [0.25, 0.3) is 0 Å². The summed E-state index contributed by atoms with van der Waals surface area (Å²) in [6.45, 7) is -1.77. The van der Waals surface area contributed by atoms with Crippen molar-refractivity contribution in [1.29, 1.82) is 0 Å². The Labute approximate surface area is 67.3 Å². The van der Waals surface area contributed by atoms with Crippen LogP contribution < -0.4 is 0 Å². The molecule has 8 heteroatoms. The molecule has 0 aromatic heterocycles. The van der Waals surface area contributed by atoms with Gasteiger partial charge in [-0.1, -0.05) is 0 Å². The lowest BCUT2D eigenvalue weighted by Gasteiger charge is -2.03. The van der Waals surface area contributed by atoms with Crippen molar-refractivity contribution in [3.63, 3.8) is 0 Å². The lowest BCUT2D eigenvalue weighted by molar-refractivity contribution is -0.152. The molecule has 0 aliphatic carbocycles. The Morgan fingerprint density at radius 3 is 1.90 bits per heavy atom. The first-order valence-corrected chi connectivity index (χ1v) is 5.81. The van der Waals surface area contributed by atoms with Gasteiger partial charge in [-0.3, -0.25) is 4.18 Å². The van der Waals surface area contributed by atoms with E-state index in [0.717, 1.165) is 21.2 Å². The smallest absolute Gasteiger partial charge is 0.253 e. The van der Waals surface area contributed by atoms with Crippen LogP contribution in [0.15, 0.2) is 0 Å². The molecule has 0 heterocycles. The Bertz CT molecular complexity index is 194. The zero-order chi connectivity index (χ0) is 8.41. The third kappa shape index (κ3) is 8.43. The summed E-state index contributed by atoms with van der Waals surface area (Å²) >= 11 is 0.767. The molecule has 0 spiro atoms. The lowest BCUT2D eigenvalue weighted by Crippen LogP contribution is -2.17. The van der Waals surface area contributed by atoms with Gasteiger partial charge in [-0.15, -0.1) is 0 Å². The van der Waals surface area contributed by atoms with Crippen molar-refractivity contribution >= 4 is 28.5 Å². The summed E-state index contributed by atoms with van der Waals surface area (Å²) in [6, 6.07) is 0. The Morgan fingerprint density at radius 2 is 1.80 bits per heavy atom. The Balaban J connectivity index is 3.79. The molecule has 0 bridgehead atoms. The Hall–Kier alpha value is 0.430. The molecule has 0 aromatic carbocycles. The summed E-state index contributed by atoms with van der Waals surface area (Å²) in [6.07, 6.45) is -4.60. The second-order valence-electron chi connectivity index (χ2n) is 1.27. The van der Waals surface area contributed by atoms with Crippen molar-refractivity contribution in [2.24, 2.45) is 0 Å². The number of alkyl halides is 3. The van der Waals surface area contributed by atoms with Gasteiger partial charge >= 0.3 is 13.5 Å². The molecule has 0 aliphatic rings. The zero-order valence-corrected chi connectivity index (χ0v) is 7.33. The van der Waals surface area contributed by atoms with Gasteiger partial charge in [0.1, 0.15) is 21.2 Å². The summed E-state index contributed by atoms with van der Waals surface area (Å²) in [5.41, 5.74) is 0. The van der Waals surface area contributed by atoms with E-state index in [0.29, 0.717) is 0 Å². The number of rotatable bonds is 2. The van der Waals surface area contributed by atoms with Crippen LogP contribution in [0.2, 0.25) is 0 Å². The first kappa shape index (κ1) is 10.4. The summed E-state index contributed by atoms with van der Waals surface area (Å²) in [5.74, 6) is 0. The molecule has 0 N–H and O–H groups in total. The highest BCUT2D eigenvalue weighted by Gasteiger charge is 2.29. The van der Waals surface area contributed by atoms with Gasteiger partial charge in [0.05, 0.1) is 0 Å². The van der Waals surface area contributed by atoms with Crippen molar-refractivity contribution in [1.82, 2.24) is 0 Å². The van der Waals surface area contributed by atoms with Crippen molar-refractivity contribution < 1.29 is 25.8 Å². The highest BCUT2D eigenvalue weighted by Crippen LogP contribution is 2.17. The zero-order valence-electron chi connectivity index (χ0n) is 4.35. The van der Waals surface area contributed by atoms with Crippen LogP contribution in [0.5, 0.6) is 0 Å². The third-order valence-electron chi connectivity index (χ3n) is 0.363. The molecular formula is C2H2F3IO3S. The molecule has 0 saturated carbocycles. The fourth-order valence-corrected chi connectivity index (χ4v) is 0.793. The first-order valence-electron chi connectivity index (χ1n) is 1.86. The molecule has 0 atom stereocenters. The van der Waals surface area contributed by atoms with Crippen molar-refractivity contribution in [2.75, 3.05) is 6.61 Å². The molecule has 0 radical (unpaired) electrons. The van der Waals surface area contributed by atoms with Crippen molar-refractivity contribution in [2.45, 2.75) is 6.18 Å². The molecule has 0 unspecified atom stereocenters. The van der Waals surface area contributed by atoms with E-state index < -0.39 is 20.1 Å². The van der Waals surface area contributed by atoms with Crippen LogP contribution in [0.3, 0.4) is 0 Å². The van der Waals surface area contributed by atoms with Gasteiger partial charge in [0.2, 0.25) is 0 Å². The number of hydrogen-bond donors (Lipinski definition) is 0. The molecule has 0 fully saturated rings. The second-order valence-corrected chi connectivity index (χ2v) is 5.53. The van der Waals surface area contributed by atoms with E-state index in [4.69, 9.17) is 0 Å². The van der Waals surface area contributed by atoms with Crippen LogP contribution in [0.25, 0.3) is 0 Å². The van der Waals surface area contributed by atoms with Gasteiger partial charge in [-0.25, -0.2) is 0 Å². The van der Waals surface area contributed by atoms with Crippen LogP contribution in [-0.2, 0) is 11.5 Å². The van der Waals surface area contributed by atoms with E-state index >= 15 is 0 Å². The van der Waals surface area contributed by atoms with Crippen LogP contribution >= 0.6 is 21.2 Å². The average molecular weight is 290 g/mol. The maximum absolute atomic E-state index is 11.2. The Morgan fingerprint density at radius 1 is 1.40 bits per heavy atom. The molecule has 0 aliphatic heterocycles. The SMILES string of the molecule is O=S(=O)(I)OCC(F)(F)F. The van der Waals surface area contributed by atoms with Crippen LogP contribution in [0.1, 0.15) is 0 Å². The maximum atomic E-state index is 11.2. The molecular weight excluding hydrogens is 288 g/mol. The predicted molar refractivity (Wildman–Crippen MR) is 34.9 cm³/mol. The van der Waals surface area contributed by atoms with Crippen LogP contribution in [0, 0.1) is 0 Å². The van der Waals surface area contributed by atoms with Gasteiger partial charge in [0, 0.05) is 0 Å². The lowest BCUT2D eigenvalue weighted by atomic mass is 10.7. The maximum Gasteiger partial charge on any atom is 0.413 e. The summed E-state index contributed by atoms with van der Waals surface area (Å²) in [4.78, 5) is 0. The highest BCUT2D eigenvalue weighted by molar-refractivity contribution is 14.2. The minimum Gasteiger partial charge on any atom is -0.253 e. The van der Waals surface area contributed by atoms with E-state index in [-0.39, 0.29) is 0 Å². The Kier molecular flexibility index (Phi) is 3.36. The highest BCUT2D eigenvalue weighted by atomic mass is 127. The molecule has 3 nitrogen and oxygen atoms in total. The van der Waals surface area contributed by atoms with E-state index in [1.807, 2.05) is 0 Å². The van der Waals surface area contributed by atoms with Crippen LogP contribution in [0.4, 0.5) is 13.2 Å². The van der Waals surface area contributed by atoms with Gasteiger partial charge in [-0.05, 0) is 0 Å². The molecule has 0 amide bonds. The predicted octanol–water partition coefficient (Wildman–Crippen LogP) is 1.25. The quantitative estimate of drug-likeness (QED) is 0.568. The second kappa shape index (κ2) is 3.22. The van der Waals surface area contributed by atoms with Crippen molar-refractivity contribution in [3.8, 4) is 0 Å². The summed E-state index contributed by atoms with van der Waals surface area (Å²) < 4.78 is 56.9. The van der Waals surface area contributed by atoms with Crippen LogP contribution in [-0.4, -0.2) is 21.2 Å². The number of halogens is 4. The van der Waals surface area contributed by atoms with Gasteiger partial charge in [-0.2, -0.15) is 21.6 Å². The topological polar surface area (TPSA) is 43.4 Å². The van der Waals surface area contributed by atoms with E-state index in [2.05, 4.69) is 4.18 Å². The minimum atomic E-state index is -4.60. The molecule has 10 heavy (non-hydrogen) atoms. The van der Waals surface area contributed by atoms with E-state index in [1.54, 1.807) is 0 Å². The molecule has 0 aromatic rings. The first-order chi connectivity index (χ1) is 4.21. The third-order valence-corrected chi connectivity index (χ3v) is 1.53. The summed E-state index contributed by atoms with van der Waals surface area (Å²) in [5, 5.41) is 0. The normalized spacial score (nSPS) is 13.6. The standard InChI is InChI=1S/C2H2F3IO3S/c3-2(4,5)1-9-10(6,7)8/h1H2. The minimum absolute atomic E-state index is 0.767. The molecule has 0 rings (SSSR count). The average Bonchev–Trinajstić information content (AvgIpc) is 1.57. The molecule has 0 saturated heterocycles. The largest absolute Gasteiger partial charge is 0.413 e. The van der Waals surface area contributed by atoms with Gasteiger partial charge in [0.15, 0.2) is 6.61 Å². The van der Waals surface area contributed by atoms with Crippen molar-refractivity contribution in [3.05, 3.63) is 0 Å². The fraction of sp³-hybridized carbons (Fsp3) is 1.00. The van der Waals surface area contributed by atoms with E-state index in [1.165, 1.54) is 0 Å². The summed E-state index contributed by atoms with van der Waals surface area (Å²) in [7, 11) is -4.01. The fourth-order valence-electron chi connectivity index (χ4n) is 0.137. The number of hydrogen-bond acceptors (Lipinski definition) is 3. The van der Waals surface area contributed by atoms with E-state index in [9.17, 15) is 21.6 Å². The molecule has 62 valence electrons. The van der Waals surface area contributed by atoms with Gasteiger partial charge < -0.3 is 0 Å².